The quantitative estimate of drug-likeness (QED) is 0.477. The minimum Gasteiger partial charge on any atom is -0.396 e. The first-order valence-corrected chi connectivity index (χ1v) is 12.5. The van der Waals surface area contributed by atoms with Crippen LogP contribution < -0.4 is 5.73 Å². The Labute approximate surface area is 210 Å². The Hall–Kier alpha value is -3.54. The van der Waals surface area contributed by atoms with Gasteiger partial charge in [0, 0.05) is 37.0 Å². The number of aliphatic hydroxyl groups is 1. The van der Waals surface area contributed by atoms with E-state index in [1.807, 2.05) is 16.7 Å². The second-order valence-corrected chi connectivity index (χ2v) is 9.69. The number of amides is 1. The summed E-state index contributed by atoms with van der Waals surface area (Å²) in [6.07, 6.45) is 4.98. The Morgan fingerprint density at radius 3 is 2.61 bits per heavy atom. The van der Waals surface area contributed by atoms with Gasteiger partial charge in [-0.25, -0.2) is 14.2 Å². The van der Waals surface area contributed by atoms with Crippen molar-refractivity contribution in [3.63, 3.8) is 0 Å². The van der Waals surface area contributed by atoms with Crippen LogP contribution in [0.1, 0.15) is 59.8 Å². The first-order valence-electron chi connectivity index (χ1n) is 12.5. The maximum atomic E-state index is 14.6. The first kappa shape index (κ1) is 24.2. The average Bonchev–Trinajstić information content (AvgIpc) is 3.67. The molecule has 1 saturated carbocycles. The number of carbonyl (C=O) groups is 1. The summed E-state index contributed by atoms with van der Waals surface area (Å²) < 4.78 is 16.5. The number of hydrogen-bond acceptors (Lipinski definition) is 4. The summed E-state index contributed by atoms with van der Waals surface area (Å²) in [5.74, 6) is 0.201. The third-order valence-corrected chi connectivity index (χ3v) is 7.02. The van der Waals surface area contributed by atoms with Crippen LogP contribution in [0.2, 0.25) is 0 Å². The van der Waals surface area contributed by atoms with E-state index >= 15 is 0 Å². The van der Waals surface area contributed by atoms with Gasteiger partial charge in [0.1, 0.15) is 11.6 Å². The third kappa shape index (κ3) is 4.77. The summed E-state index contributed by atoms with van der Waals surface area (Å²) in [4.78, 5) is 23.4. The predicted molar refractivity (Wildman–Crippen MR) is 136 cm³/mol. The molecule has 7 nitrogen and oxygen atoms in total. The lowest BCUT2D eigenvalue weighted by molar-refractivity contribution is 0.0702. The van der Waals surface area contributed by atoms with Crippen LogP contribution in [-0.2, 0) is 6.42 Å². The van der Waals surface area contributed by atoms with E-state index in [0.29, 0.717) is 54.6 Å². The van der Waals surface area contributed by atoms with E-state index in [-0.39, 0.29) is 24.2 Å². The molecule has 1 saturated heterocycles. The van der Waals surface area contributed by atoms with Gasteiger partial charge in [0.15, 0.2) is 5.69 Å². The number of aliphatic hydroxyl groups excluding tert-OH is 1. The van der Waals surface area contributed by atoms with Gasteiger partial charge in [-0.1, -0.05) is 24.3 Å². The number of imidazole rings is 1. The fourth-order valence-electron chi connectivity index (χ4n) is 4.97. The van der Waals surface area contributed by atoms with E-state index in [1.165, 1.54) is 30.5 Å². The second kappa shape index (κ2) is 10.2. The molecule has 0 radical (unpaired) electrons. The van der Waals surface area contributed by atoms with Gasteiger partial charge >= 0.3 is 0 Å². The van der Waals surface area contributed by atoms with Gasteiger partial charge in [-0.05, 0) is 68.2 Å². The number of rotatable bonds is 7. The van der Waals surface area contributed by atoms with Gasteiger partial charge < -0.3 is 15.7 Å². The van der Waals surface area contributed by atoms with E-state index in [1.54, 1.807) is 11.0 Å². The van der Waals surface area contributed by atoms with E-state index < -0.39 is 5.82 Å². The van der Waals surface area contributed by atoms with Crippen molar-refractivity contribution in [2.45, 2.75) is 50.5 Å². The summed E-state index contributed by atoms with van der Waals surface area (Å²) in [5, 5.41) is 9.60. The van der Waals surface area contributed by atoms with Crippen LogP contribution in [0.4, 0.5) is 10.1 Å². The molecule has 8 heteroatoms. The van der Waals surface area contributed by atoms with Gasteiger partial charge in [0.25, 0.3) is 5.91 Å². The Balaban J connectivity index is 1.66. The van der Waals surface area contributed by atoms with Crippen LogP contribution in [-0.4, -0.2) is 51.2 Å². The van der Waals surface area contributed by atoms with Crippen molar-refractivity contribution in [3.05, 3.63) is 76.7 Å². The van der Waals surface area contributed by atoms with Gasteiger partial charge in [-0.3, -0.25) is 9.36 Å². The molecular weight excluding hydrogens is 457 g/mol. The number of benzene rings is 2. The van der Waals surface area contributed by atoms with E-state index in [9.17, 15) is 14.3 Å². The number of aromatic nitrogens is 2. The summed E-state index contributed by atoms with van der Waals surface area (Å²) in [6, 6.07) is 12.5. The van der Waals surface area contributed by atoms with E-state index in [4.69, 9.17) is 17.3 Å². The number of piperidine rings is 1. The van der Waals surface area contributed by atoms with Crippen molar-refractivity contribution in [1.82, 2.24) is 14.5 Å². The Morgan fingerprint density at radius 2 is 1.97 bits per heavy atom. The SMILES string of the molecule is [C-]#[N+]c1ccc(-c2nc(C(=O)N3CCC[C@H](N)C3)c(CCCO)n2-c2ccc(C3CC3)cc2)cc1F. The van der Waals surface area contributed by atoms with Crippen LogP contribution in [0, 0.1) is 12.4 Å². The molecule has 1 amide bonds. The average molecular weight is 488 g/mol. The lowest BCUT2D eigenvalue weighted by Gasteiger charge is -2.30. The van der Waals surface area contributed by atoms with Crippen LogP contribution in [0.25, 0.3) is 21.9 Å². The summed E-state index contributed by atoms with van der Waals surface area (Å²) in [5.41, 5.74) is 9.63. The molecule has 2 aromatic carbocycles. The highest BCUT2D eigenvalue weighted by Gasteiger charge is 2.30. The van der Waals surface area contributed by atoms with E-state index in [2.05, 4.69) is 17.0 Å². The molecule has 1 aromatic heterocycles. The minimum absolute atomic E-state index is 0.0301. The topological polar surface area (TPSA) is 88.7 Å². The monoisotopic (exact) mass is 487 g/mol. The number of hydrogen-bond donors (Lipinski definition) is 2. The molecule has 0 spiro atoms. The maximum Gasteiger partial charge on any atom is 0.274 e. The van der Waals surface area contributed by atoms with Gasteiger partial charge in [0.05, 0.1) is 12.3 Å². The number of nitrogens with two attached hydrogens (primary N) is 1. The molecule has 2 aliphatic rings. The van der Waals surface area contributed by atoms with Crippen molar-refractivity contribution in [3.8, 4) is 17.1 Å². The van der Waals surface area contributed by atoms with Crippen LogP contribution in [0.5, 0.6) is 0 Å². The van der Waals surface area contributed by atoms with Crippen molar-refractivity contribution >= 4 is 11.6 Å². The smallest absolute Gasteiger partial charge is 0.274 e. The molecule has 1 atom stereocenters. The molecule has 5 rings (SSSR count). The largest absolute Gasteiger partial charge is 0.396 e. The molecule has 2 fully saturated rings. The first-order chi connectivity index (χ1) is 17.5. The van der Waals surface area contributed by atoms with Crippen molar-refractivity contribution in [2.75, 3.05) is 19.7 Å². The summed E-state index contributed by atoms with van der Waals surface area (Å²) in [7, 11) is 0. The molecular formula is C28H30FN5O2. The molecule has 2 heterocycles. The summed E-state index contributed by atoms with van der Waals surface area (Å²) >= 11 is 0. The molecule has 0 bridgehead atoms. The van der Waals surface area contributed by atoms with E-state index in [0.717, 1.165) is 18.5 Å². The molecule has 1 aliphatic heterocycles. The maximum absolute atomic E-state index is 14.6. The zero-order chi connectivity index (χ0) is 25.2. The highest BCUT2D eigenvalue weighted by molar-refractivity contribution is 5.95. The summed E-state index contributed by atoms with van der Waals surface area (Å²) in [6.45, 7) is 8.22. The molecule has 1 aliphatic carbocycles. The minimum atomic E-state index is -0.632. The lowest BCUT2D eigenvalue weighted by Crippen LogP contribution is -2.46. The fourth-order valence-corrected chi connectivity index (χ4v) is 4.97. The zero-order valence-electron chi connectivity index (χ0n) is 20.2. The Morgan fingerprint density at radius 1 is 1.19 bits per heavy atom. The molecule has 3 aromatic rings. The normalized spacial score (nSPS) is 17.7. The Bertz CT molecular complexity index is 1310. The van der Waals surface area contributed by atoms with Crippen LogP contribution in [0.3, 0.4) is 0 Å². The highest BCUT2D eigenvalue weighted by Crippen LogP contribution is 2.40. The number of likely N-dealkylation sites (tertiary alicyclic amines) is 1. The van der Waals surface area contributed by atoms with Gasteiger partial charge in [-0.15, -0.1) is 0 Å². The molecule has 3 N–H and O–H groups in total. The fraction of sp³-hybridized carbons (Fsp3) is 0.393. The molecule has 186 valence electrons. The number of carbonyl (C=O) groups excluding carboxylic acids is 1. The standard InChI is InChI=1S/C28H30FN5O2/c1-31-24-13-10-20(16-23(24)29)27-32-26(28(36)33-14-2-4-21(30)17-33)25(5-3-15-35)34(27)22-11-8-19(9-12-22)18-6-7-18/h8-13,16,18,21,35H,2-7,14-15,17,30H2/t21-/m0/s1. The second-order valence-electron chi connectivity index (χ2n) is 9.69. The predicted octanol–water partition coefficient (Wildman–Crippen LogP) is 4.59. The van der Waals surface area contributed by atoms with Crippen LogP contribution in [0.15, 0.2) is 42.5 Å². The van der Waals surface area contributed by atoms with Crippen molar-refractivity contribution < 1.29 is 14.3 Å². The van der Waals surface area contributed by atoms with Gasteiger partial charge in [0.2, 0.25) is 5.69 Å². The highest BCUT2D eigenvalue weighted by atomic mass is 19.1. The van der Waals surface area contributed by atoms with Crippen LogP contribution >= 0.6 is 0 Å². The van der Waals surface area contributed by atoms with Gasteiger partial charge in [-0.2, -0.15) is 0 Å². The Kier molecular flexibility index (Phi) is 6.86. The third-order valence-electron chi connectivity index (χ3n) is 7.02. The molecule has 36 heavy (non-hydrogen) atoms. The number of nitrogens with zero attached hydrogens (tertiary/aromatic N) is 4. The van der Waals surface area contributed by atoms with Crippen molar-refractivity contribution in [2.24, 2.45) is 5.73 Å². The van der Waals surface area contributed by atoms with Crippen molar-refractivity contribution in [1.29, 1.82) is 0 Å². The molecule has 0 unspecified atom stereocenters. The zero-order valence-corrected chi connectivity index (χ0v) is 20.2. The number of halogens is 1. The lowest BCUT2D eigenvalue weighted by atomic mass is 10.1.